The molecule has 0 saturated carbocycles. The molecule has 1 aliphatic rings. The number of aryl methyl sites for hydroxylation is 1. The molecule has 0 aromatic heterocycles. The van der Waals surface area contributed by atoms with Crippen molar-refractivity contribution in [2.45, 2.75) is 59.1 Å². The Morgan fingerprint density at radius 3 is 2.59 bits per heavy atom. The van der Waals surface area contributed by atoms with E-state index in [-0.39, 0.29) is 18.0 Å². The van der Waals surface area contributed by atoms with Crippen molar-refractivity contribution in [2.75, 3.05) is 4.90 Å². The van der Waals surface area contributed by atoms with Gasteiger partial charge in [0.05, 0.1) is 10.2 Å². The Bertz CT molecular complexity index is 581. The van der Waals surface area contributed by atoms with Gasteiger partial charge in [-0.1, -0.05) is 13.8 Å². The van der Waals surface area contributed by atoms with Crippen molar-refractivity contribution in [2.24, 2.45) is 5.92 Å². The number of carbonyl (C=O) groups is 1. The molecule has 2 rings (SSSR count). The first-order valence-corrected chi connectivity index (χ1v) is 8.39. The first-order chi connectivity index (χ1) is 10.1. The first kappa shape index (κ1) is 17.3. The third-order valence-corrected chi connectivity index (χ3v) is 4.39. The zero-order valence-corrected chi connectivity index (χ0v) is 15.3. The normalized spacial score (nSPS) is 18.4. The Kier molecular flexibility index (Phi) is 4.85. The molecule has 0 saturated heterocycles. The SMILES string of the molecule is CC(C)C1CCc2cc(F)c(Br)cc2N1C(=O)OC(C)(C)C. The zero-order chi connectivity index (χ0) is 16.7. The highest BCUT2D eigenvalue weighted by Crippen LogP contribution is 2.37. The van der Waals surface area contributed by atoms with Crippen LogP contribution in [0.2, 0.25) is 0 Å². The van der Waals surface area contributed by atoms with E-state index in [0.717, 1.165) is 24.1 Å². The molecule has 0 spiro atoms. The predicted molar refractivity (Wildman–Crippen MR) is 89.8 cm³/mol. The molecule has 1 aromatic carbocycles. The number of halogens is 2. The van der Waals surface area contributed by atoms with Gasteiger partial charge in [-0.15, -0.1) is 0 Å². The highest BCUT2D eigenvalue weighted by Gasteiger charge is 2.36. The van der Waals surface area contributed by atoms with E-state index in [4.69, 9.17) is 4.74 Å². The van der Waals surface area contributed by atoms with Crippen molar-refractivity contribution in [3.63, 3.8) is 0 Å². The third-order valence-electron chi connectivity index (χ3n) is 3.78. The number of anilines is 1. The second-order valence-corrected chi connectivity index (χ2v) is 7.95. The molecule has 22 heavy (non-hydrogen) atoms. The minimum absolute atomic E-state index is 0.0553. The molecule has 0 bridgehead atoms. The van der Waals surface area contributed by atoms with Gasteiger partial charge in [0.1, 0.15) is 11.4 Å². The summed E-state index contributed by atoms with van der Waals surface area (Å²) in [5.41, 5.74) is 1.03. The van der Waals surface area contributed by atoms with Crippen molar-refractivity contribution >= 4 is 27.7 Å². The van der Waals surface area contributed by atoms with Gasteiger partial charge in [0, 0.05) is 6.04 Å². The maximum absolute atomic E-state index is 13.8. The molecule has 0 fully saturated rings. The first-order valence-electron chi connectivity index (χ1n) is 7.60. The molecule has 0 N–H and O–H groups in total. The Hall–Kier alpha value is -1.10. The summed E-state index contributed by atoms with van der Waals surface area (Å²) in [4.78, 5) is 14.4. The topological polar surface area (TPSA) is 29.5 Å². The van der Waals surface area contributed by atoms with E-state index in [0.29, 0.717) is 10.4 Å². The standard InChI is InChI=1S/C17H23BrFNO2/c1-10(2)14-7-6-11-8-13(19)12(18)9-15(11)20(14)16(21)22-17(3,4)5/h8-10,14H,6-7H2,1-5H3. The monoisotopic (exact) mass is 371 g/mol. The van der Waals surface area contributed by atoms with E-state index < -0.39 is 5.60 Å². The average molecular weight is 372 g/mol. The van der Waals surface area contributed by atoms with Crippen LogP contribution in [0.4, 0.5) is 14.9 Å². The van der Waals surface area contributed by atoms with E-state index in [1.54, 1.807) is 11.0 Å². The van der Waals surface area contributed by atoms with Crippen molar-refractivity contribution in [1.29, 1.82) is 0 Å². The lowest BCUT2D eigenvalue weighted by molar-refractivity contribution is 0.0550. The smallest absolute Gasteiger partial charge is 0.415 e. The highest BCUT2D eigenvalue weighted by atomic mass is 79.9. The maximum Gasteiger partial charge on any atom is 0.415 e. The van der Waals surface area contributed by atoms with E-state index >= 15 is 0 Å². The van der Waals surface area contributed by atoms with E-state index in [2.05, 4.69) is 29.8 Å². The van der Waals surface area contributed by atoms with Crippen LogP contribution in [0, 0.1) is 11.7 Å². The largest absolute Gasteiger partial charge is 0.443 e. The molecular weight excluding hydrogens is 349 g/mol. The fourth-order valence-electron chi connectivity index (χ4n) is 2.79. The van der Waals surface area contributed by atoms with Crippen LogP contribution in [0.1, 0.15) is 46.6 Å². The van der Waals surface area contributed by atoms with Crippen LogP contribution in [0.5, 0.6) is 0 Å². The summed E-state index contributed by atoms with van der Waals surface area (Å²) in [6, 6.07) is 3.25. The van der Waals surface area contributed by atoms with Gasteiger partial charge in [-0.3, -0.25) is 4.90 Å². The van der Waals surface area contributed by atoms with Gasteiger partial charge >= 0.3 is 6.09 Å². The molecule has 1 unspecified atom stereocenters. The van der Waals surface area contributed by atoms with Gasteiger partial charge in [0.2, 0.25) is 0 Å². The molecule has 5 heteroatoms. The quantitative estimate of drug-likeness (QED) is 0.670. The number of fused-ring (bicyclic) bond motifs is 1. The summed E-state index contributed by atoms with van der Waals surface area (Å²) in [6.07, 6.45) is 1.21. The Balaban J connectivity index is 2.46. The number of hydrogen-bond donors (Lipinski definition) is 0. The van der Waals surface area contributed by atoms with Gasteiger partial charge in [0.15, 0.2) is 0 Å². The van der Waals surface area contributed by atoms with Crippen molar-refractivity contribution in [1.82, 2.24) is 0 Å². The summed E-state index contributed by atoms with van der Waals surface area (Å²) >= 11 is 3.22. The minimum Gasteiger partial charge on any atom is -0.443 e. The Morgan fingerprint density at radius 1 is 1.41 bits per heavy atom. The number of rotatable bonds is 1. The van der Waals surface area contributed by atoms with Gasteiger partial charge in [-0.25, -0.2) is 9.18 Å². The summed E-state index contributed by atoms with van der Waals surface area (Å²) in [5.74, 6) is -0.00428. The summed E-state index contributed by atoms with van der Waals surface area (Å²) in [7, 11) is 0. The number of nitrogens with zero attached hydrogens (tertiary/aromatic N) is 1. The molecule has 0 aliphatic carbocycles. The lowest BCUT2D eigenvalue weighted by Gasteiger charge is -2.40. The van der Waals surface area contributed by atoms with Crippen LogP contribution < -0.4 is 4.90 Å². The van der Waals surface area contributed by atoms with Crippen molar-refractivity contribution < 1.29 is 13.9 Å². The third kappa shape index (κ3) is 3.62. The lowest BCUT2D eigenvalue weighted by atomic mass is 9.89. The number of ether oxygens (including phenoxy) is 1. The summed E-state index contributed by atoms with van der Waals surface area (Å²) in [6.45, 7) is 9.72. The molecule has 1 aromatic rings. The van der Waals surface area contributed by atoms with Gasteiger partial charge in [0.25, 0.3) is 0 Å². The second-order valence-electron chi connectivity index (χ2n) is 7.10. The number of benzene rings is 1. The highest BCUT2D eigenvalue weighted by molar-refractivity contribution is 9.10. The fraction of sp³-hybridized carbons (Fsp3) is 0.588. The number of amides is 1. The average Bonchev–Trinajstić information content (AvgIpc) is 2.36. The summed E-state index contributed by atoms with van der Waals surface area (Å²) in [5, 5.41) is 0. The molecule has 1 aliphatic heterocycles. The maximum atomic E-state index is 13.8. The molecular formula is C17H23BrFNO2. The van der Waals surface area contributed by atoms with Crippen LogP contribution in [0.3, 0.4) is 0 Å². The number of carbonyl (C=O) groups excluding carboxylic acids is 1. The zero-order valence-electron chi connectivity index (χ0n) is 13.7. The Labute approximate surface area is 140 Å². The van der Waals surface area contributed by atoms with Crippen LogP contribution in [0.25, 0.3) is 0 Å². The van der Waals surface area contributed by atoms with Gasteiger partial charge in [-0.05, 0) is 73.2 Å². The van der Waals surface area contributed by atoms with E-state index in [1.165, 1.54) is 6.07 Å². The number of hydrogen-bond acceptors (Lipinski definition) is 2. The Morgan fingerprint density at radius 2 is 2.05 bits per heavy atom. The fourth-order valence-corrected chi connectivity index (χ4v) is 3.12. The molecule has 1 heterocycles. The summed E-state index contributed by atoms with van der Waals surface area (Å²) < 4.78 is 19.7. The van der Waals surface area contributed by atoms with Crippen LogP contribution in [0.15, 0.2) is 16.6 Å². The van der Waals surface area contributed by atoms with Crippen LogP contribution in [-0.2, 0) is 11.2 Å². The van der Waals surface area contributed by atoms with Gasteiger partial charge < -0.3 is 4.74 Å². The second kappa shape index (κ2) is 6.19. The van der Waals surface area contributed by atoms with E-state index in [1.807, 2.05) is 20.8 Å². The van der Waals surface area contributed by atoms with Crippen molar-refractivity contribution in [3.8, 4) is 0 Å². The molecule has 1 amide bonds. The lowest BCUT2D eigenvalue weighted by Crippen LogP contribution is -2.48. The van der Waals surface area contributed by atoms with Crippen LogP contribution in [-0.4, -0.2) is 17.7 Å². The molecule has 122 valence electrons. The predicted octanol–water partition coefficient (Wildman–Crippen LogP) is 5.30. The van der Waals surface area contributed by atoms with Crippen molar-refractivity contribution in [3.05, 3.63) is 28.0 Å². The van der Waals surface area contributed by atoms with Crippen LogP contribution >= 0.6 is 15.9 Å². The molecule has 1 atom stereocenters. The molecule has 0 radical (unpaired) electrons. The minimum atomic E-state index is -0.562. The van der Waals surface area contributed by atoms with E-state index in [9.17, 15) is 9.18 Å². The van der Waals surface area contributed by atoms with Gasteiger partial charge in [-0.2, -0.15) is 0 Å². The molecule has 3 nitrogen and oxygen atoms in total.